The third kappa shape index (κ3) is 2.96. The van der Waals surface area contributed by atoms with Crippen molar-refractivity contribution >= 4 is 29.0 Å². The quantitative estimate of drug-likeness (QED) is 0.622. The van der Waals surface area contributed by atoms with Gasteiger partial charge in [0.25, 0.3) is 0 Å². The van der Waals surface area contributed by atoms with Crippen molar-refractivity contribution in [3.8, 4) is 5.75 Å². The highest BCUT2D eigenvalue weighted by Gasteiger charge is 2.54. The van der Waals surface area contributed by atoms with E-state index in [1.165, 1.54) is 38.5 Å². The number of esters is 1. The molecule has 0 aliphatic heterocycles. The zero-order valence-electron chi connectivity index (χ0n) is 14.9. The van der Waals surface area contributed by atoms with Gasteiger partial charge in [0.1, 0.15) is 11.3 Å². The summed E-state index contributed by atoms with van der Waals surface area (Å²) in [4.78, 5) is 25.4. The van der Waals surface area contributed by atoms with Crippen LogP contribution in [0.2, 0.25) is 5.02 Å². The molecule has 5 nitrogen and oxygen atoms in total. The zero-order valence-corrected chi connectivity index (χ0v) is 15.7. The summed E-state index contributed by atoms with van der Waals surface area (Å²) in [7, 11) is 1.44. The summed E-state index contributed by atoms with van der Waals surface area (Å²) in [5.74, 6) is 1.79. The largest absolute Gasteiger partial charge is 0.496 e. The van der Waals surface area contributed by atoms with Crippen molar-refractivity contribution < 1.29 is 19.1 Å². The lowest BCUT2D eigenvalue weighted by atomic mass is 9.48. The maximum Gasteiger partial charge on any atom is 0.342 e. The molecule has 0 unspecified atom stereocenters. The second-order valence-electron chi connectivity index (χ2n) is 8.27. The van der Waals surface area contributed by atoms with Crippen LogP contribution in [0.4, 0.5) is 5.69 Å². The van der Waals surface area contributed by atoms with Crippen LogP contribution in [-0.4, -0.2) is 25.5 Å². The van der Waals surface area contributed by atoms with Gasteiger partial charge in [0.15, 0.2) is 12.4 Å². The first kappa shape index (κ1) is 17.7. The molecule has 4 saturated carbocycles. The lowest BCUT2D eigenvalue weighted by Crippen LogP contribution is -2.51. The Bertz CT molecular complexity index is 725. The van der Waals surface area contributed by atoms with Gasteiger partial charge in [-0.3, -0.25) is 4.79 Å². The van der Waals surface area contributed by atoms with Crippen LogP contribution in [-0.2, 0) is 9.53 Å². The third-order valence-electron chi connectivity index (χ3n) is 6.50. The van der Waals surface area contributed by atoms with Crippen molar-refractivity contribution in [3.05, 3.63) is 22.7 Å². The molecular formula is C20H24ClNO4. The van der Waals surface area contributed by atoms with E-state index in [0.29, 0.717) is 29.2 Å². The van der Waals surface area contributed by atoms with E-state index in [1.54, 1.807) is 0 Å². The first-order chi connectivity index (χ1) is 12.4. The van der Waals surface area contributed by atoms with Gasteiger partial charge in [0.05, 0.1) is 17.8 Å². The van der Waals surface area contributed by atoms with E-state index in [2.05, 4.69) is 0 Å². The fourth-order valence-corrected chi connectivity index (χ4v) is 5.88. The predicted octanol–water partition coefficient (Wildman–Crippen LogP) is 3.87. The molecule has 0 atom stereocenters. The van der Waals surface area contributed by atoms with Crippen LogP contribution in [0.1, 0.15) is 48.9 Å². The molecule has 140 valence electrons. The minimum atomic E-state index is -0.609. The smallest absolute Gasteiger partial charge is 0.342 e. The van der Waals surface area contributed by atoms with Crippen LogP contribution in [0.15, 0.2) is 12.1 Å². The molecule has 0 heterocycles. The van der Waals surface area contributed by atoms with E-state index in [-0.39, 0.29) is 28.4 Å². The lowest BCUT2D eigenvalue weighted by Gasteiger charge is -2.55. The van der Waals surface area contributed by atoms with Crippen molar-refractivity contribution in [1.82, 2.24) is 0 Å². The highest BCUT2D eigenvalue weighted by Crippen LogP contribution is 2.60. The van der Waals surface area contributed by atoms with E-state index in [9.17, 15) is 9.59 Å². The Kier molecular flexibility index (Phi) is 4.38. The molecule has 4 bridgehead atoms. The summed E-state index contributed by atoms with van der Waals surface area (Å²) in [5.41, 5.74) is 5.98. The molecule has 0 radical (unpaired) electrons. The summed E-state index contributed by atoms with van der Waals surface area (Å²) in [6, 6.07) is 2.91. The number of carbonyl (C=O) groups is 2. The minimum Gasteiger partial charge on any atom is -0.496 e. The van der Waals surface area contributed by atoms with Crippen LogP contribution in [0.25, 0.3) is 0 Å². The molecule has 5 rings (SSSR count). The van der Waals surface area contributed by atoms with E-state index in [1.807, 2.05) is 0 Å². The number of halogens is 1. The van der Waals surface area contributed by atoms with Gasteiger partial charge in [0, 0.05) is 11.5 Å². The molecule has 1 aromatic rings. The topological polar surface area (TPSA) is 78.6 Å². The number of rotatable bonds is 5. The predicted molar refractivity (Wildman–Crippen MR) is 98.3 cm³/mol. The van der Waals surface area contributed by atoms with Crippen molar-refractivity contribution in [2.24, 2.45) is 23.2 Å². The maximum absolute atomic E-state index is 13.0. The molecule has 1 aromatic carbocycles. The molecule has 4 aliphatic rings. The van der Waals surface area contributed by atoms with Crippen LogP contribution < -0.4 is 10.5 Å². The Morgan fingerprint density at radius 3 is 2.27 bits per heavy atom. The van der Waals surface area contributed by atoms with Gasteiger partial charge < -0.3 is 15.2 Å². The summed E-state index contributed by atoms with van der Waals surface area (Å²) < 4.78 is 10.5. The number of hydrogen-bond donors (Lipinski definition) is 1. The van der Waals surface area contributed by atoms with Crippen molar-refractivity contribution in [3.63, 3.8) is 0 Å². The van der Waals surface area contributed by atoms with Crippen LogP contribution >= 0.6 is 11.6 Å². The first-order valence-corrected chi connectivity index (χ1v) is 9.61. The molecule has 0 spiro atoms. The second-order valence-corrected chi connectivity index (χ2v) is 8.68. The first-order valence-electron chi connectivity index (χ1n) is 9.23. The van der Waals surface area contributed by atoms with E-state index in [4.69, 9.17) is 26.8 Å². The zero-order chi connectivity index (χ0) is 18.5. The average Bonchev–Trinajstić information content (AvgIpc) is 2.60. The standard InChI is InChI=1S/C20H24ClNO4/c1-25-17-6-16(22)15(21)5-14(17)19(24)26-10-18(23)20-7-11-2-12(8-20)4-13(3-11)9-20/h5-6,11-13H,2-4,7-10,22H2,1H3. The van der Waals surface area contributed by atoms with E-state index >= 15 is 0 Å². The van der Waals surface area contributed by atoms with Gasteiger partial charge in [-0.1, -0.05) is 11.6 Å². The molecule has 4 aliphatic carbocycles. The van der Waals surface area contributed by atoms with Gasteiger partial charge >= 0.3 is 5.97 Å². The number of Topliss-reactive ketones (excluding diaryl/α,β-unsaturated/α-hetero) is 1. The Morgan fingerprint density at radius 2 is 1.73 bits per heavy atom. The highest BCUT2D eigenvalue weighted by atomic mass is 35.5. The van der Waals surface area contributed by atoms with Crippen LogP contribution in [0, 0.1) is 23.2 Å². The molecule has 0 saturated heterocycles. The molecule has 2 N–H and O–H groups in total. The third-order valence-corrected chi connectivity index (χ3v) is 6.83. The fourth-order valence-electron chi connectivity index (χ4n) is 5.71. The number of ether oxygens (including phenoxy) is 2. The lowest BCUT2D eigenvalue weighted by molar-refractivity contribution is -0.147. The van der Waals surface area contributed by atoms with E-state index < -0.39 is 5.97 Å². The Hall–Kier alpha value is -1.75. The Balaban J connectivity index is 1.45. The van der Waals surface area contributed by atoms with Crippen LogP contribution in [0.3, 0.4) is 0 Å². The molecular weight excluding hydrogens is 354 g/mol. The summed E-state index contributed by atoms with van der Waals surface area (Å²) >= 11 is 6.01. The number of hydrogen-bond acceptors (Lipinski definition) is 5. The number of benzene rings is 1. The number of nitrogen functional groups attached to an aromatic ring is 1. The van der Waals surface area contributed by atoms with Crippen molar-refractivity contribution in [2.45, 2.75) is 38.5 Å². The van der Waals surface area contributed by atoms with E-state index in [0.717, 1.165) is 19.3 Å². The van der Waals surface area contributed by atoms with Gasteiger partial charge in [-0.05, 0) is 62.3 Å². The monoisotopic (exact) mass is 377 g/mol. The Labute approximate surface area is 158 Å². The Morgan fingerprint density at radius 1 is 1.15 bits per heavy atom. The SMILES string of the molecule is COc1cc(N)c(Cl)cc1C(=O)OCC(=O)C12CC3CC(CC(C3)C1)C2. The highest BCUT2D eigenvalue weighted by molar-refractivity contribution is 6.33. The number of ketones is 1. The van der Waals surface area contributed by atoms with Crippen molar-refractivity contribution in [2.75, 3.05) is 19.5 Å². The molecule has 6 heteroatoms. The summed E-state index contributed by atoms with van der Waals surface area (Å²) in [6.45, 7) is -0.184. The fraction of sp³-hybridized carbons (Fsp3) is 0.600. The van der Waals surface area contributed by atoms with Crippen LogP contribution in [0.5, 0.6) is 5.75 Å². The van der Waals surface area contributed by atoms with Gasteiger partial charge in [-0.2, -0.15) is 0 Å². The van der Waals surface area contributed by atoms with Gasteiger partial charge in [-0.15, -0.1) is 0 Å². The normalized spacial score (nSPS) is 31.7. The number of nitrogens with two attached hydrogens (primary N) is 1. The second kappa shape index (κ2) is 6.45. The van der Waals surface area contributed by atoms with Gasteiger partial charge in [0.2, 0.25) is 0 Å². The van der Waals surface area contributed by atoms with Gasteiger partial charge in [-0.25, -0.2) is 4.79 Å². The summed E-state index contributed by atoms with van der Waals surface area (Å²) in [5, 5.41) is 0.255. The maximum atomic E-state index is 13.0. The molecule has 4 fully saturated rings. The number of methoxy groups -OCH3 is 1. The molecule has 0 amide bonds. The molecule has 0 aromatic heterocycles. The summed E-state index contributed by atoms with van der Waals surface area (Å²) in [6.07, 6.45) is 6.71. The molecule has 26 heavy (non-hydrogen) atoms. The van der Waals surface area contributed by atoms with Crippen molar-refractivity contribution in [1.29, 1.82) is 0 Å². The average molecular weight is 378 g/mol. The number of carbonyl (C=O) groups excluding carboxylic acids is 2. The minimum absolute atomic E-state index is 0.0745. The number of anilines is 1.